The van der Waals surface area contributed by atoms with E-state index in [4.69, 9.17) is 0 Å². The Kier molecular flexibility index (Phi) is 3.49. The Morgan fingerprint density at radius 1 is 1.00 bits per heavy atom. The van der Waals surface area contributed by atoms with Gasteiger partial charge in [0, 0.05) is 44.1 Å². The third-order valence-electron chi connectivity index (χ3n) is 4.18. The topological polar surface area (TPSA) is 65.8 Å². The lowest BCUT2D eigenvalue weighted by atomic mass is 10.3. The van der Waals surface area contributed by atoms with Gasteiger partial charge >= 0.3 is 0 Å². The van der Waals surface area contributed by atoms with Crippen LogP contribution >= 0.6 is 0 Å². The lowest BCUT2D eigenvalue weighted by molar-refractivity contribution is 0.774. The molecule has 25 heavy (non-hydrogen) atoms. The number of aromatic nitrogens is 7. The molecule has 7 heteroatoms. The summed E-state index contributed by atoms with van der Waals surface area (Å²) < 4.78 is 5.79. The second-order valence-corrected chi connectivity index (χ2v) is 6.14. The van der Waals surface area contributed by atoms with Crippen LogP contribution in [0.2, 0.25) is 0 Å². The molecule has 0 radical (unpaired) electrons. The molecule has 126 valence electrons. The Hall–Kier alpha value is -3.22. The number of hydrogen-bond donors (Lipinski definition) is 0. The maximum atomic E-state index is 4.68. The number of aryl methyl sites for hydroxylation is 4. The first-order valence-corrected chi connectivity index (χ1v) is 8.04. The highest BCUT2D eigenvalue weighted by molar-refractivity contribution is 5.67. The molecular formula is C18H19N7. The van der Waals surface area contributed by atoms with Gasteiger partial charge in [-0.1, -0.05) is 0 Å². The highest BCUT2D eigenvalue weighted by Crippen LogP contribution is 2.18. The predicted octanol–water partition coefficient (Wildman–Crippen LogP) is 2.65. The summed E-state index contributed by atoms with van der Waals surface area (Å²) in [5.41, 5.74) is 4.82. The molecule has 0 unspecified atom stereocenters. The van der Waals surface area contributed by atoms with Crippen molar-refractivity contribution in [2.75, 3.05) is 0 Å². The molecule has 0 saturated carbocycles. The standard InChI is InChI=1S/C18H19N7/c1-12-9-13(2)25-10-14(21-18(25)20-12)5-6-17-22-15(11-23(17)3)16-7-8-19-24(16)4/h5-11H,1-4H3/b6-5+. The fourth-order valence-electron chi connectivity index (χ4n) is 2.91. The monoisotopic (exact) mass is 333 g/mol. The van der Waals surface area contributed by atoms with Gasteiger partial charge < -0.3 is 4.57 Å². The zero-order valence-corrected chi connectivity index (χ0v) is 14.7. The fourth-order valence-corrected chi connectivity index (χ4v) is 2.91. The van der Waals surface area contributed by atoms with Crippen molar-refractivity contribution in [3.05, 3.63) is 53.6 Å². The van der Waals surface area contributed by atoms with E-state index in [9.17, 15) is 0 Å². The van der Waals surface area contributed by atoms with Crippen LogP contribution in [-0.2, 0) is 14.1 Å². The first kappa shape index (κ1) is 15.3. The second-order valence-electron chi connectivity index (χ2n) is 6.14. The first-order chi connectivity index (χ1) is 12.0. The largest absolute Gasteiger partial charge is 0.334 e. The first-order valence-electron chi connectivity index (χ1n) is 8.04. The van der Waals surface area contributed by atoms with Crippen molar-refractivity contribution in [2.45, 2.75) is 13.8 Å². The minimum Gasteiger partial charge on any atom is -0.334 e. The SMILES string of the molecule is Cc1cc(C)n2cc(/C=C/c3nc(-c4ccnn4C)cn3C)nc2n1. The van der Waals surface area contributed by atoms with Crippen LogP contribution in [0.15, 0.2) is 30.7 Å². The maximum absolute atomic E-state index is 4.68. The van der Waals surface area contributed by atoms with Crippen LogP contribution in [0.4, 0.5) is 0 Å². The molecular weight excluding hydrogens is 314 g/mol. The van der Waals surface area contributed by atoms with Gasteiger partial charge in [0.25, 0.3) is 0 Å². The minimum atomic E-state index is 0.715. The average Bonchev–Trinajstić information content (AvgIpc) is 3.24. The molecule has 0 amide bonds. The predicted molar refractivity (Wildman–Crippen MR) is 96.8 cm³/mol. The van der Waals surface area contributed by atoms with Gasteiger partial charge in [-0.05, 0) is 38.1 Å². The van der Waals surface area contributed by atoms with Crippen molar-refractivity contribution in [3.8, 4) is 11.4 Å². The molecule has 4 aromatic rings. The van der Waals surface area contributed by atoms with Crippen molar-refractivity contribution in [1.82, 2.24) is 33.7 Å². The van der Waals surface area contributed by atoms with E-state index in [-0.39, 0.29) is 0 Å². The van der Waals surface area contributed by atoms with E-state index in [0.29, 0.717) is 5.78 Å². The molecule has 0 bridgehead atoms. The van der Waals surface area contributed by atoms with Crippen molar-refractivity contribution >= 4 is 17.9 Å². The third kappa shape index (κ3) is 2.73. The summed E-state index contributed by atoms with van der Waals surface area (Å²) >= 11 is 0. The van der Waals surface area contributed by atoms with Gasteiger partial charge in [-0.25, -0.2) is 15.0 Å². The highest BCUT2D eigenvalue weighted by Gasteiger charge is 2.09. The quantitative estimate of drug-likeness (QED) is 0.578. The van der Waals surface area contributed by atoms with E-state index in [1.807, 2.05) is 71.3 Å². The second kappa shape index (κ2) is 5.70. The van der Waals surface area contributed by atoms with E-state index < -0.39 is 0 Å². The van der Waals surface area contributed by atoms with E-state index in [1.54, 1.807) is 6.20 Å². The van der Waals surface area contributed by atoms with Gasteiger partial charge in [-0.3, -0.25) is 9.08 Å². The zero-order chi connectivity index (χ0) is 17.6. The summed E-state index contributed by atoms with van der Waals surface area (Å²) in [4.78, 5) is 13.7. The Morgan fingerprint density at radius 3 is 2.60 bits per heavy atom. The van der Waals surface area contributed by atoms with Crippen LogP contribution in [0.5, 0.6) is 0 Å². The van der Waals surface area contributed by atoms with Crippen molar-refractivity contribution < 1.29 is 0 Å². The number of nitrogens with zero attached hydrogens (tertiary/aromatic N) is 7. The normalized spacial score (nSPS) is 11.8. The van der Waals surface area contributed by atoms with Gasteiger partial charge in [0.2, 0.25) is 5.78 Å². The van der Waals surface area contributed by atoms with Gasteiger partial charge in [-0.15, -0.1) is 0 Å². The van der Waals surface area contributed by atoms with Gasteiger partial charge in [0.05, 0.1) is 11.4 Å². The summed E-state index contributed by atoms with van der Waals surface area (Å²) in [6.07, 6.45) is 9.67. The van der Waals surface area contributed by atoms with Crippen LogP contribution in [0, 0.1) is 13.8 Å². The molecule has 0 aromatic carbocycles. The number of imidazole rings is 2. The fraction of sp³-hybridized carbons (Fsp3) is 0.222. The van der Waals surface area contributed by atoms with Crippen molar-refractivity contribution in [1.29, 1.82) is 0 Å². The molecule has 0 N–H and O–H groups in total. The van der Waals surface area contributed by atoms with E-state index in [1.165, 1.54) is 0 Å². The van der Waals surface area contributed by atoms with Crippen molar-refractivity contribution in [3.63, 3.8) is 0 Å². The lowest BCUT2D eigenvalue weighted by Gasteiger charge is -1.98. The number of hydrogen-bond acceptors (Lipinski definition) is 4. The summed E-state index contributed by atoms with van der Waals surface area (Å²) in [7, 11) is 3.89. The smallest absolute Gasteiger partial charge is 0.234 e. The lowest BCUT2D eigenvalue weighted by Crippen LogP contribution is -1.94. The van der Waals surface area contributed by atoms with Crippen LogP contribution < -0.4 is 0 Å². The summed E-state index contributed by atoms with van der Waals surface area (Å²) in [6, 6.07) is 4.00. The molecule has 0 saturated heterocycles. The maximum Gasteiger partial charge on any atom is 0.234 e. The third-order valence-corrected chi connectivity index (χ3v) is 4.18. The van der Waals surface area contributed by atoms with Gasteiger partial charge in [-0.2, -0.15) is 5.10 Å². The molecule has 4 heterocycles. The Balaban J connectivity index is 1.67. The van der Waals surface area contributed by atoms with E-state index in [0.717, 1.165) is 34.3 Å². The molecule has 4 rings (SSSR count). The number of rotatable bonds is 3. The van der Waals surface area contributed by atoms with Crippen LogP contribution in [0.3, 0.4) is 0 Å². The van der Waals surface area contributed by atoms with E-state index >= 15 is 0 Å². The molecule has 0 atom stereocenters. The summed E-state index contributed by atoms with van der Waals surface area (Å²) in [6.45, 7) is 4.03. The van der Waals surface area contributed by atoms with Crippen LogP contribution in [-0.4, -0.2) is 33.7 Å². The van der Waals surface area contributed by atoms with E-state index in [2.05, 4.69) is 27.0 Å². The zero-order valence-electron chi connectivity index (χ0n) is 14.7. The molecule has 0 aliphatic heterocycles. The van der Waals surface area contributed by atoms with Crippen molar-refractivity contribution in [2.24, 2.45) is 14.1 Å². The summed E-state index contributed by atoms with van der Waals surface area (Å²) in [5, 5.41) is 4.19. The summed E-state index contributed by atoms with van der Waals surface area (Å²) in [5.74, 6) is 1.57. The molecule has 4 aromatic heterocycles. The Morgan fingerprint density at radius 2 is 1.84 bits per heavy atom. The Bertz CT molecular complexity index is 1090. The molecule has 0 aliphatic carbocycles. The Labute approximate surface area is 145 Å². The average molecular weight is 333 g/mol. The number of fused-ring (bicyclic) bond motifs is 1. The van der Waals surface area contributed by atoms with Crippen LogP contribution in [0.1, 0.15) is 22.9 Å². The van der Waals surface area contributed by atoms with Crippen LogP contribution in [0.25, 0.3) is 29.3 Å². The highest BCUT2D eigenvalue weighted by atomic mass is 15.3. The van der Waals surface area contributed by atoms with Gasteiger partial charge in [0.1, 0.15) is 11.5 Å². The molecule has 0 aliphatic rings. The molecule has 0 spiro atoms. The minimum absolute atomic E-state index is 0.715. The molecule has 0 fully saturated rings. The van der Waals surface area contributed by atoms with Gasteiger partial charge in [0.15, 0.2) is 0 Å². The molecule has 7 nitrogen and oxygen atoms in total.